The Balaban J connectivity index is 1.69. The Kier molecular flexibility index (Phi) is 4.25. The maximum atomic E-state index is 13.1. The minimum Gasteiger partial charge on any atom is -0.348 e. The molecule has 0 aliphatic rings. The van der Waals surface area contributed by atoms with Crippen molar-refractivity contribution >= 4 is 17.2 Å². The summed E-state index contributed by atoms with van der Waals surface area (Å²) in [4.78, 5) is 16.3. The van der Waals surface area contributed by atoms with E-state index in [1.807, 2.05) is 29.0 Å². The van der Waals surface area contributed by atoms with E-state index < -0.39 is 5.82 Å². The maximum Gasteiger partial charge on any atom is 0.251 e. The van der Waals surface area contributed by atoms with Crippen molar-refractivity contribution in [2.45, 2.75) is 6.54 Å². The number of pyridine rings is 1. The number of hydrogen-bond acceptors (Lipinski definition) is 3. The summed E-state index contributed by atoms with van der Waals surface area (Å²) in [5.41, 5.74) is 3.19. The van der Waals surface area contributed by atoms with Crippen LogP contribution < -0.4 is 5.32 Å². The summed E-state index contributed by atoms with van der Waals surface area (Å²) < 4.78 is 13.1. The fourth-order valence-electron chi connectivity index (χ4n) is 2.07. The first-order valence-electron chi connectivity index (χ1n) is 6.73. The third-order valence-electron chi connectivity index (χ3n) is 3.18. The van der Waals surface area contributed by atoms with E-state index in [-0.39, 0.29) is 5.91 Å². The first kappa shape index (κ1) is 14.4. The fourth-order valence-corrected chi connectivity index (χ4v) is 2.72. The van der Waals surface area contributed by atoms with Gasteiger partial charge in [0.05, 0.1) is 5.69 Å². The molecule has 22 heavy (non-hydrogen) atoms. The summed E-state index contributed by atoms with van der Waals surface area (Å²) in [6.45, 7) is 0.370. The number of rotatable bonds is 4. The highest BCUT2D eigenvalue weighted by molar-refractivity contribution is 7.08. The number of aromatic nitrogens is 1. The van der Waals surface area contributed by atoms with Gasteiger partial charge in [-0.05, 0) is 47.3 Å². The van der Waals surface area contributed by atoms with Crippen molar-refractivity contribution < 1.29 is 9.18 Å². The molecule has 0 radical (unpaired) electrons. The number of nitrogens with one attached hydrogen (secondary N) is 1. The van der Waals surface area contributed by atoms with Gasteiger partial charge in [-0.15, -0.1) is 0 Å². The standard InChI is InChI=1S/C17H13FN2OS/c18-15-3-1-2-13(9-15)17(21)20-10-12-4-6-19-16(8-12)14-5-7-22-11-14/h1-9,11H,10H2,(H,20,21). The second-order valence-electron chi connectivity index (χ2n) is 4.75. The zero-order chi connectivity index (χ0) is 15.4. The van der Waals surface area contributed by atoms with Crippen LogP contribution in [0.15, 0.2) is 59.4 Å². The summed E-state index contributed by atoms with van der Waals surface area (Å²) in [7, 11) is 0. The van der Waals surface area contributed by atoms with E-state index in [9.17, 15) is 9.18 Å². The van der Waals surface area contributed by atoms with E-state index in [1.54, 1.807) is 23.6 Å². The molecule has 0 aliphatic carbocycles. The lowest BCUT2D eigenvalue weighted by Gasteiger charge is -2.06. The predicted molar refractivity (Wildman–Crippen MR) is 85.1 cm³/mol. The van der Waals surface area contributed by atoms with E-state index in [0.717, 1.165) is 16.8 Å². The fraction of sp³-hybridized carbons (Fsp3) is 0.0588. The zero-order valence-corrected chi connectivity index (χ0v) is 12.4. The van der Waals surface area contributed by atoms with Gasteiger partial charge in [-0.3, -0.25) is 9.78 Å². The van der Waals surface area contributed by atoms with Crippen LogP contribution in [0.4, 0.5) is 4.39 Å². The quantitative estimate of drug-likeness (QED) is 0.794. The van der Waals surface area contributed by atoms with Crippen LogP contribution in [0.25, 0.3) is 11.3 Å². The minimum atomic E-state index is -0.420. The third-order valence-corrected chi connectivity index (χ3v) is 3.86. The lowest BCUT2D eigenvalue weighted by molar-refractivity contribution is 0.0950. The Morgan fingerprint density at radius 1 is 1.23 bits per heavy atom. The molecule has 3 rings (SSSR count). The molecule has 2 heterocycles. The van der Waals surface area contributed by atoms with Gasteiger partial charge in [0.1, 0.15) is 5.82 Å². The van der Waals surface area contributed by atoms with Gasteiger partial charge in [0.15, 0.2) is 0 Å². The van der Waals surface area contributed by atoms with Gasteiger partial charge in [-0.1, -0.05) is 6.07 Å². The third kappa shape index (κ3) is 3.38. The van der Waals surface area contributed by atoms with Crippen LogP contribution in [0.1, 0.15) is 15.9 Å². The maximum absolute atomic E-state index is 13.1. The monoisotopic (exact) mass is 312 g/mol. The molecule has 3 nitrogen and oxygen atoms in total. The predicted octanol–water partition coefficient (Wildman–Crippen LogP) is 3.88. The number of nitrogens with zero attached hydrogens (tertiary/aromatic N) is 1. The molecule has 1 amide bonds. The zero-order valence-electron chi connectivity index (χ0n) is 11.6. The Morgan fingerprint density at radius 2 is 2.14 bits per heavy atom. The van der Waals surface area contributed by atoms with Crippen LogP contribution in [0.3, 0.4) is 0 Å². The molecule has 0 aliphatic heterocycles. The largest absolute Gasteiger partial charge is 0.348 e. The molecule has 1 N–H and O–H groups in total. The molecular formula is C17H13FN2OS. The molecule has 0 unspecified atom stereocenters. The smallest absolute Gasteiger partial charge is 0.251 e. The highest BCUT2D eigenvalue weighted by Crippen LogP contribution is 2.20. The van der Waals surface area contributed by atoms with Gasteiger partial charge >= 0.3 is 0 Å². The summed E-state index contributed by atoms with van der Waals surface area (Å²) in [6.07, 6.45) is 1.72. The highest BCUT2D eigenvalue weighted by Gasteiger charge is 2.07. The van der Waals surface area contributed by atoms with E-state index >= 15 is 0 Å². The minimum absolute atomic E-state index is 0.298. The van der Waals surface area contributed by atoms with Crippen LogP contribution >= 0.6 is 11.3 Å². The Bertz CT molecular complexity index is 787. The van der Waals surface area contributed by atoms with Gasteiger partial charge in [-0.2, -0.15) is 11.3 Å². The normalized spacial score (nSPS) is 10.4. The summed E-state index contributed by atoms with van der Waals surface area (Å²) >= 11 is 1.61. The van der Waals surface area contributed by atoms with Crippen LogP contribution in [-0.2, 0) is 6.54 Å². The number of carbonyl (C=O) groups is 1. The molecule has 0 atom stereocenters. The number of halogens is 1. The number of amides is 1. The highest BCUT2D eigenvalue weighted by atomic mass is 32.1. The van der Waals surface area contributed by atoms with Crippen LogP contribution in [-0.4, -0.2) is 10.9 Å². The average Bonchev–Trinajstić information content (AvgIpc) is 3.07. The van der Waals surface area contributed by atoms with Gasteiger partial charge in [0, 0.05) is 29.2 Å². The topological polar surface area (TPSA) is 42.0 Å². The lowest BCUT2D eigenvalue weighted by atomic mass is 10.1. The molecular weight excluding hydrogens is 299 g/mol. The number of carbonyl (C=O) groups excluding carboxylic acids is 1. The second kappa shape index (κ2) is 6.49. The molecule has 0 fully saturated rings. The Labute approximate surface area is 131 Å². The van der Waals surface area contributed by atoms with E-state index in [2.05, 4.69) is 10.3 Å². The number of thiophene rings is 1. The molecule has 1 aromatic carbocycles. The first-order valence-corrected chi connectivity index (χ1v) is 7.68. The van der Waals surface area contributed by atoms with Crippen molar-refractivity contribution in [1.82, 2.24) is 10.3 Å². The van der Waals surface area contributed by atoms with E-state index in [1.165, 1.54) is 18.2 Å². The Morgan fingerprint density at radius 3 is 2.91 bits per heavy atom. The van der Waals surface area contributed by atoms with Gasteiger partial charge in [0.2, 0.25) is 0 Å². The van der Waals surface area contributed by atoms with Crippen molar-refractivity contribution in [3.8, 4) is 11.3 Å². The van der Waals surface area contributed by atoms with Crippen molar-refractivity contribution in [3.05, 3.63) is 76.4 Å². The van der Waals surface area contributed by atoms with Gasteiger partial charge < -0.3 is 5.32 Å². The van der Waals surface area contributed by atoms with Gasteiger partial charge in [0.25, 0.3) is 5.91 Å². The van der Waals surface area contributed by atoms with Crippen molar-refractivity contribution in [1.29, 1.82) is 0 Å². The molecule has 3 aromatic rings. The molecule has 5 heteroatoms. The van der Waals surface area contributed by atoms with Crippen LogP contribution in [0.2, 0.25) is 0 Å². The van der Waals surface area contributed by atoms with E-state index in [4.69, 9.17) is 0 Å². The SMILES string of the molecule is O=C(NCc1ccnc(-c2ccsc2)c1)c1cccc(F)c1. The van der Waals surface area contributed by atoms with E-state index in [0.29, 0.717) is 12.1 Å². The summed E-state index contributed by atoms with van der Waals surface area (Å²) in [6, 6.07) is 11.4. The van der Waals surface area contributed by atoms with Crippen molar-refractivity contribution in [2.75, 3.05) is 0 Å². The van der Waals surface area contributed by atoms with Crippen molar-refractivity contribution in [3.63, 3.8) is 0 Å². The summed E-state index contributed by atoms with van der Waals surface area (Å²) in [5, 5.41) is 6.80. The lowest BCUT2D eigenvalue weighted by Crippen LogP contribution is -2.22. The first-order chi connectivity index (χ1) is 10.7. The second-order valence-corrected chi connectivity index (χ2v) is 5.53. The molecule has 0 saturated heterocycles. The summed E-state index contributed by atoms with van der Waals surface area (Å²) in [5.74, 6) is -0.718. The number of benzene rings is 1. The van der Waals surface area contributed by atoms with Gasteiger partial charge in [-0.25, -0.2) is 4.39 Å². The van der Waals surface area contributed by atoms with Crippen LogP contribution in [0, 0.1) is 5.82 Å². The number of hydrogen-bond donors (Lipinski definition) is 1. The molecule has 0 spiro atoms. The van der Waals surface area contributed by atoms with Crippen LogP contribution in [0.5, 0.6) is 0 Å². The Hall–Kier alpha value is -2.53. The molecule has 110 valence electrons. The molecule has 0 saturated carbocycles. The van der Waals surface area contributed by atoms with Crippen molar-refractivity contribution in [2.24, 2.45) is 0 Å². The molecule has 2 aromatic heterocycles. The molecule has 0 bridgehead atoms. The average molecular weight is 312 g/mol.